The maximum absolute atomic E-state index is 4.17. The van der Waals surface area contributed by atoms with Crippen molar-refractivity contribution in [2.75, 3.05) is 0 Å². The Morgan fingerprint density at radius 1 is 1.00 bits per heavy atom. The van der Waals surface area contributed by atoms with Crippen molar-refractivity contribution >= 4 is 41.8 Å². The summed E-state index contributed by atoms with van der Waals surface area (Å²) in [5.41, 5.74) is 9.48. The van der Waals surface area contributed by atoms with E-state index in [1.165, 1.54) is 44.4 Å². The van der Waals surface area contributed by atoms with Crippen LogP contribution in [0.5, 0.6) is 0 Å². The van der Waals surface area contributed by atoms with E-state index in [2.05, 4.69) is 97.1 Å². The van der Waals surface area contributed by atoms with Gasteiger partial charge in [0.1, 0.15) is 0 Å². The minimum atomic E-state index is 0. The topological polar surface area (TPSA) is 4.93 Å². The summed E-state index contributed by atoms with van der Waals surface area (Å²) >= 11 is 4.68. The molecular weight excluding hydrogens is 588 g/mol. The molecule has 0 bridgehead atoms. The van der Waals surface area contributed by atoms with E-state index in [-0.39, 0.29) is 24.8 Å². The van der Waals surface area contributed by atoms with E-state index in [1.807, 2.05) is 18.2 Å². The molecule has 0 radical (unpaired) electrons. The molecule has 0 aliphatic heterocycles. The number of aryl methyl sites for hydroxylation is 1. The minimum absolute atomic E-state index is 0. The second-order valence-corrected chi connectivity index (χ2v) is 7.93. The van der Waals surface area contributed by atoms with Crippen LogP contribution in [-0.2, 0) is 42.6 Å². The molecule has 2 aliphatic carbocycles. The third kappa shape index (κ3) is 5.20. The number of fused-ring (bicyclic) bond motifs is 6. The Hall–Kier alpha value is -0.897. The number of hydrogen-bond donors (Lipinski definition) is 0. The van der Waals surface area contributed by atoms with Crippen LogP contribution in [0.2, 0.25) is 0 Å². The Morgan fingerprint density at radius 3 is 2.52 bits per heavy atom. The van der Waals surface area contributed by atoms with Crippen molar-refractivity contribution in [1.29, 1.82) is 0 Å². The van der Waals surface area contributed by atoms with E-state index in [0.717, 1.165) is 40.0 Å². The Morgan fingerprint density at radius 2 is 1.74 bits per heavy atom. The maximum atomic E-state index is 4.17. The zero-order valence-corrected chi connectivity index (χ0v) is 23.1. The second-order valence-electron chi connectivity index (χ2n) is 7.01. The summed E-state index contributed by atoms with van der Waals surface area (Å²) in [6.45, 7) is 0. The summed E-state index contributed by atoms with van der Waals surface area (Å²) in [7, 11) is 6.32. The summed E-state index contributed by atoms with van der Waals surface area (Å²) in [5.74, 6) is 0. The van der Waals surface area contributed by atoms with Crippen molar-refractivity contribution < 1.29 is 47.5 Å². The van der Waals surface area contributed by atoms with E-state index in [0.29, 0.717) is 0 Å². The second kappa shape index (κ2) is 11.8. The van der Waals surface area contributed by atoms with Crippen LogP contribution < -0.4 is 24.8 Å². The molecule has 0 amide bonds. The molecule has 0 saturated carbocycles. The summed E-state index contributed by atoms with van der Waals surface area (Å²) in [4.78, 5) is 0. The zero-order valence-electron chi connectivity index (χ0n) is 16.8. The summed E-state index contributed by atoms with van der Waals surface area (Å²) in [6.07, 6.45) is 6.39. The first-order chi connectivity index (χ1) is 14.2. The Labute approximate surface area is 222 Å². The van der Waals surface area contributed by atoms with Crippen LogP contribution in [0, 0.1) is 12.1 Å². The van der Waals surface area contributed by atoms with Gasteiger partial charge in [-0.3, -0.25) is 0 Å². The maximum Gasteiger partial charge on any atom is -0.0528 e. The molecule has 4 aromatic rings. The van der Waals surface area contributed by atoms with Gasteiger partial charge in [-0.15, -0.1) is 77.2 Å². The van der Waals surface area contributed by atoms with Crippen LogP contribution >= 0.6 is 24.8 Å². The molecule has 3 aromatic carbocycles. The summed E-state index contributed by atoms with van der Waals surface area (Å²) in [6, 6.07) is 25.5. The molecular formula is C25H18BrCl2NSZr-2. The van der Waals surface area contributed by atoms with Crippen molar-refractivity contribution in [3.8, 4) is 11.3 Å². The fourth-order valence-electron chi connectivity index (χ4n) is 4.16. The first-order valence-electron chi connectivity index (χ1n) is 9.35. The SMILES string of the molecule is Cn1c2c(c3[c-]cccc31)Cc1cc(Br)ccc1-2.[Cl-].[Cl-].[S]=[Zr+2].[c-]1cccc2c1C=CC2. The van der Waals surface area contributed by atoms with Gasteiger partial charge in [0.2, 0.25) is 0 Å². The Bertz CT molecular complexity index is 1240. The minimum Gasteiger partial charge on any atom is -0.147 e. The number of aromatic nitrogens is 1. The summed E-state index contributed by atoms with van der Waals surface area (Å²) < 4.78 is 3.45. The van der Waals surface area contributed by atoms with Crippen molar-refractivity contribution in [3.05, 3.63) is 99.5 Å². The van der Waals surface area contributed by atoms with Gasteiger partial charge in [-0.05, 0) is 35.2 Å². The van der Waals surface area contributed by atoms with E-state index < -0.39 is 0 Å². The molecule has 31 heavy (non-hydrogen) atoms. The molecule has 6 rings (SSSR count). The Balaban J connectivity index is 0.000000224. The van der Waals surface area contributed by atoms with Gasteiger partial charge in [0.25, 0.3) is 0 Å². The van der Waals surface area contributed by atoms with Gasteiger partial charge < -0.3 is 29.4 Å². The van der Waals surface area contributed by atoms with Gasteiger partial charge in [0.05, 0.1) is 0 Å². The molecule has 6 heteroatoms. The Kier molecular flexibility index (Phi) is 10.0. The summed E-state index contributed by atoms with van der Waals surface area (Å²) in [5, 5.41) is 1.27. The van der Waals surface area contributed by atoms with Crippen LogP contribution in [0.15, 0.2) is 65.1 Å². The van der Waals surface area contributed by atoms with Gasteiger partial charge >= 0.3 is 31.5 Å². The fourth-order valence-corrected chi connectivity index (χ4v) is 4.57. The number of halogens is 3. The van der Waals surface area contributed by atoms with Crippen LogP contribution in [0.4, 0.5) is 0 Å². The van der Waals surface area contributed by atoms with Crippen molar-refractivity contribution in [2.24, 2.45) is 7.05 Å². The number of nitrogens with zero attached hydrogens (tertiary/aromatic N) is 1. The van der Waals surface area contributed by atoms with Crippen molar-refractivity contribution in [2.45, 2.75) is 12.8 Å². The molecule has 0 saturated heterocycles. The molecule has 156 valence electrons. The zero-order chi connectivity index (χ0) is 20.4. The third-order valence-corrected chi connectivity index (χ3v) is 5.90. The first-order valence-corrected chi connectivity index (χ1v) is 13.6. The van der Waals surface area contributed by atoms with E-state index in [4.69, 9.17) is 0 Å². The quantitative estimate of drug-likeness (QED) is 0.239. The molecule has 1 aromatic heterocycles. The van der Waals surface area contributed by atoms with Crippen LogP contribution in [0.25, 0.3) is 28.2 Å². The largest absolute Gasteiger partial charge is 0.147 e. The van der Waals surface area contributed by atoms with Crippen molar-refractivity contribution in [1.82, 2.24) is 4.57 Å². The van der Waals surface area contributed by atoms with Crippen molar-refractivity contribution in [3.63, 3.8) is 0 Å². The first kappa shape index (κ1) is 26.4. The predicted octanol–water partition coefficient (Wildman–Crippen LogP) is 1.02. The van der Waals surface area contributed by atoms with Crippen LogP contribution in [-0.4, -0.2) is 4.57 Å². The van der Waals surface area contributed by atoms with E-state index >= 15 is 0 Å². The average Bonchev–Trinajstić information content (AvgIpc) is 3.45. The molecule has 0 N–H and O–H groups in total. The molecule has 0 spiro atoms. The van der Waals surface area contributed by atoms with E-state index in [9.17, 15) is 0 Å². The molecule has 2 aliphatic rings. The number of allylic oxidation sites excluding steroid dienone is 1. The number of hydrogen-bond acceptors (Lipinski definition) is 1. The fraction of sp³-hybridized carbons (Fsp3) is 0.120. The van der Waals surface area contributed by atoms with E-state index in [1.54, 1.807) is 0 Å². The van der Waals surface area contributed by atoms with Gasteiger partial charge in [-0.1, -0.05) is 34.0 Å². The number of rotatable bonds is 0. The predicted molar refractivity (Wildman–Crippen MR) is 123 cm³/mol. The normalized spacial score (nSPS) is 11.6. The molecule has 0 unspecified atom stereocenters. The monoisotopic (exact) mass is 603 g/mol. The smallest absolute Gasteiger partial charge is 0.0528 e. The molecule has 0 fully saturated rings. The van der Waals surface area contributed by atoms with Crippen LogP contribution in [0.3, 0.4) is 0 Å². The van der Waals surface area contributed by atoms with Gasteiger partial charge in [0.15, 0.2) is 0 Å². The average molecular weight is 607 g/mol. The molecule has 1 heterocycles. The molecule has 1 nitrogen and oxygen atoms in total. The third-order valence-electron chi connectivity index (χ3n) is 5.41. The molecule has 0 atom stereocenters. The van der Waals surface area contributed by atoms with Gasteiger partial charge in [-0.25, -0.2) is 0 Å². The number of benzene rings is 3. The standard InChI is InChI=1S/C16H11BrN.C9H7.2ClH.S.Zr/c1-18-15-5-3-2-4-13(15)14-9-10-8-11(17)6-7-12(10)16(14)18;1-2-5-9-7-3-6-8(9)4-1;;;;/h2-3,5-8H,9H2,1H3;1-4,7H,6H2;2*1H;;/q2*-1;;;;+2/p-2. The van der Waals surface area contributed by atoms with Gasteiger partial charge in [-0.2, -0.15) is 0 Å². The van der Waals surface area contributed by atoms with Gasteiger partial charge in [0, 0.05) is 17.2 Å². The van der Waals surface area contributed by atoms with Crippen LogP contribution in [0.1, 0.15) is 22.3 Å².